The Labute approximate surface area is 83.8 Å². The first-order valence-corrected chi connectivity index (χ1v) is 5.29. The van der Waals surface area contributed by atoms with E-state index in [4.69, 9.17) is 9.84 Å². The molecule has 4 heteroatoms. The third-order valence-corrected chi connectivity index (χ3v) is 3.15. The van der Waals surface area contributed by atoms with Crippen LogP contribution in [0.2, 0.25) is 0 Å². The van der Waals surface area contributed by atoms with Crippen LogP contribution >= 0.6 is 0 Å². The number of carboxylic acids is 1. The van der Waals surface area contributed by atoms with Crippen molar-refractivity contribution in [2.24, 2.45) is 5.92 Å². The van der Waals surface area contributed by atoms with Crippen molar-refractivity contribution >= 4 is 5.97 Å². The maximum Gasteiger partial charge on any atom is 0.303 e. The number of piperidine rings is 1. The molecule has 0 aliphatic carbocycles. The fraction of sp³-hybridized carbons (Fsp3) is 0.900. The molecule has 2 rings (SSSR count). The second kappa shape index (κ2) is 4.28. The number of nitrogens with zero attached hydrogens (tertiary/aromatic N) is 1. The van der Waals surface area contributed by atoms with Crippen molar-refractivity contribution in [3.63, 3.8) is 0 Å². The van der Waals surface area contributed by atoms with E-state index in [1.54, 1.807) is 0 Å². The maximum absolute atomic E-state index is 10.6. The standard InChI is InChI=1S/C10H17NO3/c12-10(13)4-8-2-1-3-11(5-8)9-6-14-7-9/h8-9H,1-7H2,(H,12,13). The van der Waals surface area contributed by atoms with Crippen LogP contribution in [0.5, 0.6) is 0 Å². The molecular formula is C10H17NO3. The third kappa shape index (κ3) is 2.25. The van der Waals surface area contributed by atoms with Crippen LogP contribution in [0, 0.1) is 5.92 Å². The van der Waals surface area contributed by atoms with Gasteiger partial charge in [-0.3, -0.25) is 9.69 Å². The van der Waals surface area contributed by atoms with Gasteiger partial charge in [0, 0.05) is 13.0 Å². The molecule has 4 nitrogen and oxygen atoms in total. The van der Waals surface area contributed by atoms with Gasteiger partial charge in [-0.25, -0.2) is 0 Å². The van der Waals surface area contributed by atoms with E-state index < -0.39 is 5.97 Å². The van der Waals surface area contributed by atoms with E-state index in [1.807, 2.05) is 0 Å². The summed E-state index contributed by atoms with van der Waals surface area (Å²) in [5.41, 5.74) is 0. The Morgan fingerprint density at radius 1 is 1.50 bits per heavy atom. The van der Waals surface area contributed by atoms with Gasteiger partial charge >= 0.3 is 5.97 Å². The summed E-state index contributed by atoms with van der Waals surface area (Å²) in [6.07, 6.45) is 2.52. The van der Waals surface area contributed by atoms with Crippen molar-refractivity contribution in [3.05, 3.63) is 0 Å². The molecule has 1 atom stereocenters. The molecule has 0 radical (unpaired) electrons. The Balaban J connectivity index is 1.80. The molecule has 2 aliphatic heterocycles. The summed E-state index contributed by atoms with van der Waals surface area (Å²) in [5.74, 6) is -0.316. The monoisotopic (exact) mass is 199 g/mol. The maximum atomic E-state index is 10.6. The Kier molecular flexibility index (Phi) is 3.03. The van der Waals surface area contributed by atoms with E-state index in [9.17, 15) is 4.79 Å². The van der Waals surface area contributed by atoms with Gasteiger partial charge in [-0.05, 0) is 25.3 Å². The summed E-state index contributed by atoms with van der Waals surface area (Å²) in [6.45, 7) is 3.73. The van der Waals surface area contributed by atoms with E-state index in [2.05, 4.69) is 4.90 Å². The summed E-state index contributed by atoms with van der Waals surface area (Å²) in [6, 6.07) is 0.562. The first-order chi connectivity index (χ1) is 6.75. The summed E-state index contributed by atoms with van der Waals surface area (Å²) >= 11 is 0. The first-order valence-electron chi connectivity index (χ1n) is 5.29. The summed E-state index contributed by atoms with van der Waals surface area (Å²) in [4.78, 5) is 13.0. The second-order valence-electron chi connectivity index (χ2n) is 4.29. The van der Waals surface area contributed by atoms with E-state index in [1.165, 1.54) is 0 Å². The van der Waals surface area contributed by atoms with E-state index >= 15 is 0 Å². The SMILES string of the molecule is O=C(O)CC1CCCN(C2COC2)C1. The number of likely N-dealkylation sites (tertiary alicyclic amines) is 1. The average Bonchev–Trinajstić information content (AvgIpc) is 1.99. The zero-order valence-corrected chi connectivity index (χ0v) is 8.32. The van der Waals surface area contributed by atoms with Gasteiger partial charge in [-0.2, -0.15) is 0 Å². The van der Waals surface area contributed by atoms with Crippen LogP contribution in [0.1, 0.15) is 19.3 Å². The van der Waals surface area contributed by atoms with Gasteiger partial charge in [0.05, 0.1) is 19.3 Å². The van der Waals surface area contributed by atoms with Crippen LogP contribution in [-0.2, 0) is 9.53 Å². The van der Waals surface area contributed by atoms with E-state index in [-0.39, 0.29) is 0 Å². The highest BCUT2D eigenvalue weighted by molar-refractivity contribution is 5.67. The molecule has 2 fully saturated rings. The molecule has 0 aromatic carbocycles. The predicted octanol–water partition coefficient (Wildman–Crippen LogP) is 0.572. The molecule has 2 aliphatic rings. The van der Waals surface area contributed by atoms with Crippen molar-refractivity contribution in [1.29, 1.82) is 0 Å². The van der Waals surface area contributed by atoms with Crippen LogP contribution in [0.4, 0.5) is 0 Å². The van der Waals surface area contributed by atoms with Gasteiger partial charge in [-0.1, -0.05) is 0 Å². The molecule has 0 bridgehead atoms. The van der Waals surface area contributed by atoms with Gasteiger partial charge in [0.1, 0.15) is 0 Å². The summed E-state index contributed by atoms with van der Waals surface area (Å²) in [7, 11) is 0. The minimum atomic E-state index is -0.665. The number of hydrogen-bond donors (Lipinski definition) is 1. The molecule has 0 spiro atoms. The molecule has 0 amide bonds. The zero-order chi connectivity index (χ0) is 9.97. The molecule has 14 heavy (non-hydrogen) atoms. The minimum absolute atomic E-state index is 0.323. The Hall–Kier alpha value is -0.610. The fourth-order valence-electron chi connectivity index (χ4n) is 2.28. The molecule has 0 aromatic heterocycles. The van der Waals surface area contributed by atoms with Gasteiger partial charge < -0.3 is 9.84 Å². The molecule has 0 saturated carbocycles. The normalized spacial score (nSPS) is 29.9. The quantitative estimate of drug-likeness (QED) is 0.722. The number of ether oxygens (including phenoxy) is 1. The topological polar surface area (TPSA) is 49.8 Å². The van der Waals surface area contributed by atoms with Crippen LogP contribution in [0.25, 0.3) is 0 Å². The van der Waals surface area contributed by atoms with Crippen molar-refractivity contribution in [1.82, 2.24) is 4.90 Å². The van der Waals surface area contributed by atoms with E-state index in [0.717, 1.165) is 39.1 Å². The van der Waals surface area contributed by atoms with E-state index in [0.29, 0.717) is 18.4 Å². The van der Waals surface area contributed by atoms with Crippen molar-refractivity contribution in [2.75, 3.05) is 26.3 Å². The largest absolute Gasteiger partial charge is 0.481 e. The van der Waals surface area contributed by atoms with Gasteiger partial charge in [0.2, 0.25) is 0 Å². The Bertz CT molecular complexity index is 215. The van der Waals surface area contributed by atoms with Crippen molar-refractivity contribution < 1.29 is 14.6 Å². The molecule has 1 unspecified atom stereocenters. The second-order valence-corrected chi connectivity index (χ2v) is 4.29. The number of rotatable bonds is 3. The Morgan fingerprint density at radius 2 is 2.29 bits per heavy atom. The van der Waals surface area contributed by atoms with Gasteiger partial charge in [0.25, 0.3) is 0 Å². The smallest absolute Gasteiger partial charge is 0.303 e. The van der Waals surface area contributed by atoms with Crippen molar-refractivity contribution in [2.45, 2.75) is 25.3 Å². The van der Waals surface area contributed by atoms with Crippen LogP contribution in [0.15, 0.2) is 0 Å². The molecule has 1 N–H and O–H groups in total. The lowest BCUT2D eigenvalue weighted by Gasteiger charge is -2.41. The molecule has 80 valence electrons. The first kappa shape index (κ1) is 9.93. The number of hydrogen-bond acceptors (Lipinski definition) is 3. The molecule has 2 saturated heterocycles. The van der Waals surface area contributed by atoms with Gasteiger partial charge in [0.15, 0.2) is 0 Å². The summed E-state index contributed by atoms with van der Waals surface area (Å²) < 4.78 is 5.15. The average molecular weight is 199 g/mol. The minimum Gasteiger partial charge on any atom is -0.481 e. The number of carbonyl (C=O) groups is 1. The molecule has 2 heterocycles. The number of carboxylic acid groups (broad SMARTS) is 1. The lowest BCUT2D eigenvalue weighted by molar-refractivity contribution is -0.139. The lowest BCUT2D eigenvalue weighted by Crippen LogP contribution is -2.52. The summed E-state index contributed by atoms with van der Waals surface area (Å²) in [5, 5.41) is 8.72. The highest BCUT2D eigenvalue weighted by Gasteiger charge is 2.30. The van der Waals surface area contributed by atoms with Crippen LogP contribution in [0.3, 0.4) is 0 Å². The highest BCUT2D eigenvalue weighted by atomic mass is 16.5. The Morgan fingerprint density at radius 3 is 2.86 bits per heavy atom. The fourth-order valence-corrected chi connectivity index (χ4v) is 2.28. The van der Waals surface area contributed by atoms with Gasteiger partial charge in [-0.15, -0.1) is 0 Å². The predicted molar refractivity (Wildman–Crippen MR) is 51.2 cm³/mol. The van der Waals surface area contributed by atoms with Crippen LogP contribution < -0.4 is 0 Å². The third-order valence-electron chi connectivity index (χ3n) is 3.15. The number of aliphatic carboxylic acids is 1. The molecule has 0 aromatic rings. The van der Waals surface area contributed by atoms with Crippen molar-refractivity contribution in [3.8, 4) is 0 Å². The highest BCUT2D eigenvalue weighted by Crippen LogP contribution is 2.23. The zero-order valence-electron chi connectivity index (χ0n) is 8.32. The molecular weight excluding hydrogens is 182 g/mol. The van der Waals surface area contributed by atoms with Crippen LogP contribution in [-0.4, -0.2) is 48.3 Å². The lowest BCUT2D eigenvalue weighted by atomic mass is 9.93.